The van der Waals surface area contributed by atoms with Crippen molar-refractivity contribution in [1.29, 1.82) is 0 Å². The number of rotatable bonds is 3. The first-order valence-corrected chi connectivity index (χ1v) is 8.99. The molecule has 28 heavy (non-hydrogen) atoms. The van der Waals surface area contributed by atoms with E-state index in [2.05, 4.69) is 25.4 Å². The molecule has 0 aromatic carbocycles. The topological polar surface area (TPSA) is 108 Å². The third-order valence-electron chi connectivity index (χ3n) is 5.09. The number of H-pyrrole nitrogens is 1. The molecule has 1 atom stereocenters. The molecule has 5 rings (SSSR count). The SMILES string of the molecule is O=C(NC1CCN(C(=O)c2cnn3ccncc23)C1)c1cncc2[nH]ccc12. The average molecular weight is 375 g/mol. The highest BCUT2D eigenvalue weighted by atomic mass is 16.2. The molecule has 2 N–H and O–H groups in total. The first kappa shape index (κ1) is 16.4. The third-order valence-corrected chi connectivity index (χ3v) is 5.09. The van der Waals surface area contributed by atoms with Gasteiger partial charge >= 0.3 is 0 Å². The van der Waals surface area contributed by atoms with Crippen LogP contribution in [0, 0.1) is 0 Å². The van der Waals surface area contributed by atoms with Gasteiger partial charge in [0.25, 0.3) is 11.8 Å². The summed E-state index contributed by atoms with van der Waals surface area (Å²) in [6.07, 6.45) is 12.2. The van der Waals surface area contributed by atoms with Gasteiger partial charge in [-0.25, -0.2) is 4.52 Å². The molecule has 0 bridgehead atoms. The van der Waals surface area contributed by atoms with E-state index in [4.69, 9.17) is 0 Å². The molecule has 2 amide bonds. The summed E-state index contributed by atoms with van der Waals surface area (Å²) in [6.45, 7) is 1.03. The Morgan fingerprint density at radius 2 is 2.07 bits per heavy atom. The molecular formula is C19H17N7O2. The predicted molar refractivity (Wildman–Crippen MR) is 101 cm³/mol. The summed E-state index contributed by atoms with van der Waals surface area (Å²) in [7, 11) is 0. The van der Waals surface area contributed by atoms with Gasteiger partial charge in [-0.2, -0.15) is 5.10 Å². The average Bonchev–Trinajstić information content (AvgIpc) is 3.46. The van der Waals surface area contributed by atoms with Gasteiger partial charge in [0.15, 0.2) is 0 Å². The number of carbonyl (C=O) groups excluding carboxylic acids is 2. The molecule has 0 aliphatic carbocycles. The van der Waals surface area contributed by atoms with Crippen LogP contribution in [0.1, 0.15) is 27.1 Å². The van der Waals surface area contributed by atoms with Crippen LogP contribution in [-0.4, -0.2) is 60.4 Å². The summed E-state index contributed by atoms with van der Waals surface area (Å²) >= 11 is 0. The minimum atomic E-state index is -0.183. The Hall–Kier alpha value is -3.75. The number of hydrogen-bond donors (Lipinski definition) is 2. The van der Waals surface area contributed by atoms with Crippen LogP contribution in [-0.2, 0) is 0 Å². The number of pyridine rings is 1. The number of nitrogens with zero attached hydrogens (tertiary/aromatic N) is 5. The number of amides is 2. The number of hydrogen-bond acceptors (Lipinski definition) is 5. The van der Waals surface area contributed by atoms with Gasteiger partial charge in [0.1, 0.15) is 0 Å². The second kappa shape index (κ2) is 6.45. The minimum Gasteiger partial charge on any atom is -0.360 e. The molecular weight excluding hydrogens is 358 g/mol. The van der Waals surface area contributed by atoms with Crippen LogP contribution in [0.15, 0.2) is 49.4 Å². The number of aromatic amines is 1. The molecule has 9 nitrogen and oxygen atoms in total. The Balaban J connectivity index is 1.30. The van der Waals surface area contributed by atoms with Crippen LogP contribution in [0.5, 0.6) is 0 Å². The summed E-state index contributed by atoms with van der Waals surface area (Å²) < 4.78 is 1.63. The van der Waals surface area contributed by atoms with Gasteiger partial charge in [-0.05, 0) is 12.5 Å². The van der Waals surface area contributed by atoms with Crippen molar-refractivity contribution in [2.24, 2.45) is 0 Å². The molecule has 1 fully saturated rings. The number of aromatic nitrogens is 5. The smallest absolute Gasteiger partial charge is 0.257 e. The Morgan fingerprint density at radius 3 is 3.00 bits per heavy atom. The van der Waals surface area contributed by atoms with Crippen molar-refractivity contribution in [2.75, 3.05) is 13.1 Å². The minimum absolute atomic E-state index is 0.103. The highest BCUT2D eigenvalue weighted by molar-refractivity contribution is 6.06. The summed E-state index contributed by atoms with van der Waals surface area (Å²) in [5.41, 5.74) is 2.53. The molecule has 1 unspecified atom stereocenters. The fourth-order valence-corrected chi connectivity index (χ4v) is 3.66. The van der Waals surface area contributed by atoms with Crippen LogP contribution in [0.2, 0.25) is 0 Å². The zero-order chi connectivity index (χ0) is 19.1. The number of carbonyl (C=O) groups is 2. The van der Waals surface area contributed by atoms with Gasteiger partial charge in [0.2, 0.25) is 0 Å². The maximum atomic E-state index is 12.9. The monoisotopic (exact) mass is 375 g/mol. The van der Waals surface area contributed by atoms with Crippen molar-refractivity contribution in [3.05, 3.63) is 60.6 Å². The molecule has 1 aliphatic heterocycles. The zero-order valence-corrected chi connectivity index (χ0v) is 14.9. The quantitative estimate of drug-likeness (QED) is 0.560. The van der Waals surface area contributed by atoms with Crippen LogP contribution < -0.4 is 5.32 Å². The first-order valence-electron chi connectivity index (χ1n) is 8.99. The van der Waals surface area contributed by atoms with Crippen LogP contribution in [0.25, 0.3) is 16.4 Å². The highest BCUT2D eigenvalue weighted by Crippen LogP contribution is 2.19. The molecule has 4 aromatic rings. The summed E-state index contributed by atoms with van der Waals surface area (Å²) in [5.74, 6) is -0.286. The summed E-state index contributed by atoms with van der Waals surface area (Å²) in [6, 6.07) is 1.75. The van der Waals surface area contributed by atoms with Crippen molar-refractivity contribution < 1.29 is 9.59 Å². The Kier molecular flexibility index (Phi) is 3.78. The lowest BCUT2D eigenvalue weighted by molar-refractivity contribution is 0.0785. The zero-order valence-electron chi connectivity index (χ0n) is 14.9. The Labute approximate surface area is 159 Å². The molecule has 0 spiro atoms. The number of likely N-dealkylation sites (tertiary alicyclic amines) is 1. The van der Waals surface area contributed by atoms with E-state index in [1.165, 1.54) is 0 Å². The van der Waals surface area contributed by atoms with Crippen LogP contribution in [0.3, 0.4) is 0 Å². The first-order chi connectivity index (χ1) is 13.7. The van der Waals surface area contributed by atoms with Gasteiger partial charge in [0, 0.05) is 49.3 Å². The molecule has 0 radical (unpaired) electrons. The second-order valence-electron chi connectivity index (χ2n) is 6.80. The van der Waals surface area contributed by atoms with E-state index in [1.54, 1.807) is 52.8 Å². The lowest BCUT2D eigenvalue weighted by Gasteiger charge is -2.16. The molecule has 140 valence electrons. The standard InChI is InChI=1S/C19H17N7O2/c27-18(14-7-21-9-16-13(14)1-3-22-16)24-12-2-5-25(11-12)19(28)15-8-23-26-6-4-20-10-17(15)26/h1,3-4,6-10,12,22H,2,5,11H2,(H,24,27). The van der Waals surface area contributed by atoms with E-state index in [9.17, 15) is 9.59 Å². The Morgan fingerprint density at radius 1 is 1.14 bits per heavy atom. The van der Waals surface area contributed by atoms with Crippen molar-refractivity contribution in [3.8, 4) is 0 Å². The van der Waals surface area contributed by atoms with Gasteiger partial charge in [-0.15, -0.1) is 0 Å². The predicted octanol–water partition coefficient (Wildman–Crippen LogP) is 1.25. The number of nitrogens with one attached hydrogen (secondary N) is 2. The molecule has 4 aromatic heterocycles. The van der Waals surface area contributed by atoms with E-state index in [0.717, 1.165) is 10.9 Å². The van der Waals surface area contributed by atoms with E-state index < -0.39 is 0 Å². The van der Waals surface area contributed by atoms with Crippen LogP contribution >= 0.6 is 0 Å². The molecule has 9 heteroatoms. The van der Waals surface area contributed by atoms with Crippen molar-refractivity contribution in [1.82, 2.24) is 34.8 Å². The molecule has 1 saturated heterocycles. The lowest BCUT2D eigenvalue weighted by atomic mass is 10.1. The highest BCUT2D eigenvalue weighted by Gasteiger charge is 2.30. The van der Waals surface area contributed by atoms with Gasteiger partial charge in [0.05, 0.1) is 40.8 Å². The largest absolute Gasteiger partial charge is 0.360 e. The van der Waals surface area contributed by atoms with Crippen molar-refractivity contribution in [3.63, 3.8) is 0 Å². The summed E-state index contributed by atoms with van der Waals surface area (Å²) in [4.78, 5) is 38.6. The fraction of sp³-hybridized carbons (Fsp3) is 0.211. The maximum absolute atomic E-state index is 12.9. The molecule has 0 saturated carbocycles. The lowest BCUT2D eigenvalue weighted by Crippen LogP contribution is -2.38. The van der Waals surface area contributed by atoms with E-state index in [-0.39, 0.29) is 17.9 Å². The van der Waals surface area contributed by atoms with E-state index in [1.807, 2.05) is 6.07 Å². The maximum Gasteiger partial charge on any atom is 0.257 e. The number of fused-ring (bicyclic) bond motifs is 2. The van der Waals surface area contributed by atoms with E-state index in [0.29, 0.717) is 36.2 Å². The molecule has 5 heterocycles. The van der Waals surface area contributed by atoms with E-state index >= 15 is 0 Å². The molecule has 1 aliphatic rings. The summed E-state index contributed by atoms with van der Waals surface area (Å²) in [5, 5.41) is 8.05. The van der Waals surface area contributed by atoms with Gasteiger partial charge < -0.3 is 15.2 Å². The second-order valence-corrected chi connectivity index (χ2v) is 6.80. The van der Waals surface area contributed by atoms with Gasteiger partial charge in [-0.3, -0.25) is 19.6 Å². The fourth-order valence-electron chi connectivity index (χ4n) is 3.66. The van der Waals surface area contributed by atoms with Gasteiger partial charge in [-0.1, -0.05) is 0 Å². The van der Waals surface area contributed by atoms with Crippen LogP contribution in [0.4, 0.5) is 0 Å². The third kappa shape index (κ3) is 2.68. The Bertz CT molecular complexity index is 1200. The van der Waals surface area contributed by atoms with Crippen molar-refractivity contribution in [2.45, 2.75) is 12.5 Å². The normalized spacial score (nSPS) is 16.7. The van der Waals surface area contributed by atoms with Crippen molar-refractivity contribution >= 4 is 28.2 Å².